The van der Waals surface area contributed by atoms with Gasteiger partial charge in [-0.1, -0.05) is 0 Å². The number of nitrogens with one attached hydrogen (secondary N) is 3. The minimum Gasteiger partial charge on any atom is -0.385 e. The number of nitro groups is 1. The summed E-state index contributed by atoms with van der Waals surface area (Å²) in [6, 6.07) is 11.8. The molecule has 0 saturated heterocycles. The van der Waals surface area contributed by atoms with Crippen molar-refractivity contribution < 1.29 is 14.1 Å². The number of halogens is 1. The van der Waals surface area contributed by atoms with Crippen molar-refractivity contribution >= 4 is 23.0 Å². The van der Waals surface area contributed by atoms with Gasteiger partial charge in [0.15, 0.2) is 0 Å². The van der Waals surface area contributed by atoms with Crippen LogP contribution in [-0.4, -0.2) is 30.5 Å². The van der Waals surface area contributed by atoms with Crippen LogP contribution in [0, 0.1) is 15.9 Å². The Hall–Kier alpha value is -3.00. The molecule has 0 spiro atoms. The monoisotopic (exact) mass is 346 g/mol. The Bertz CT molecular complexity index is 705. The van der Waals surface area contributed by atoms with Gasteiger partial charge >= 0.3 is 0 Å². The first-order valence-electron chi connectivity index (χ1n) is 7.79. The normalized spacial score (nSPS) is 10.3. The molecule has 2 aromatic carbocycles. The number of nitro benzene ring substituents is 1. The molecule has 0 aromatic heterocycles. The maximum Gasteiger partial charge on any atom is 0.269 e. The van der Waals surface area contributed by atoms with Gasteiger partial charge in [0, 0.05) is 30.1 Å². The van der Waals surface area contributed by atoms with E-state index in [-0.39, 0.29) is 24.0 Å². The first-order chi connectivity index (χ1) is 12.0. The van der Waals surface area contributed by atoms with Crippen LogP contribution in [0.4, 0.5) is 21.5 Å². The van der Waals surface area contributed by atoms with Crippen molar-refractivity contribution in [2.45, 2.75) is 6.42 Å². The number of amides is 1. The number of non-ortho nitro benzene ring substituents is 1. The lowest BCUT2D eigenvalue weighted by Gasteiger charge is -2.08. The van der Waals surface area contributed by atoms with Gasteiger partial charge in [0.1, 0.15) is 5.82 Å². The van der Waals surface area contributed by atoms with E-state index in [4.69, 9.17) is 0 Å². The molecule has 0 saturated carbocycles. The topological polar surface area (TPSA) is 96.3 Å². The van der Waals surface area contributed by atoms with Gasteiger partial charge in [0.2, 0.25) is 5.91 Å². The average molecular weight is 346 g/mol. The van der Waals surface area contributed by atoms with Crippen molar-refractivity contribution in [1.82, 2.24) is 5.32 Å². The van der Waals surface area contributed by atoms with Crippen molar-refractivity contribution in [3.05, 3.63) is 64.5 Å². The van der Waals surface area contributed by atoms with Crippen LogP contribution in [0.15, 0.2) is 48.5 Å². The Kier molecular flexibility index (Phi) is 6.85. The largest absolute Gasteiger partial charge is 0.385 e. The molecule has 8 heteroatoms. The molecule has 0 aliphatic heterocycles. The van der Waals surface area contributed by atoms with Crippen LogP contribution in [0.2, 0.25) is 0 Å². The van der Waals surface area contributed by atoms with Gasteiger partial charge in [-0.05, 0) is 49.4 Å². The van der Waals surface area contributed by atoms with E-state index in [0.717, 1.165) is 12.1 Å². The van der Waals surface area contributed by atoms with Gasteiger partial charge < -0.3 is 16.0 Å². The maximum absolute atomic E-state index is 12.8. The van der Waals surface area contributed by atoms with Gasteiger partial charge in [-0.3, -0.25) is 14.9 Å². The summed E-state index contributed by atoms with van der Waals surface area (Å²) in [5, 5.41) is 19.4. The highest BCUT2D eigenvalue weighted by atomic mass is 19.1. The third-order valence-electron chi connectivity index (χ3n) is 3.35. The molecule has 0 aliphatic rings. The zero-order valence-electron chi connectivity index (χ0n) is 13.5. The zero-order chi connectivity index (χ0) is 18.1. The quantitative estimate of drug-likeness (QED) is 0.369. The molecule has 2 aromatic rings. The summed E-state index contributed by atoms with van der Waals surface area (Å²) in [4.78, 5) is 21.8. The van der Waals surface area contributed by atoms with Crippen LogP contribution in [0.3, 0.4) is 0 Å². The highest BCUT2D eigenvalue weighted by molar-refractivity contribution is 5.92. The summed E-state index contributed by atoms with van der Waals surface area (Å²) < 4.78 is 12.8. The molecule has 0 heterocycles. The van der Waals surface area contributed by atoms with E-state index >= 15 is 0 Å². The summed E-state index contributed by atoms with van der Waals surface area (Å²) in [5.74, 6) is -0.549. The summed E-state index contributed by atoms with van der Waals surface area (Å²) in [6.45, 7) is 1.47. The number of anilines is 2. The summed E-state index contributed by atoms with van der Waals surface area (Å²) in [6.07, 6.45) is 0.779. The lowest BCUT2D eigenvalue weighted by atomic mass is 10.3. The Labute approximate surface area is 144 Å². The zero-order valence-corrected chi connectivity index (χ0v) is 13.5. The van der Waals surface area contributed by atoms with Crippen molar-refractivity contribution in [3.63, 3.8) is 0 Å². The first kappa shape index (κ1) is 18.3. The fourth-order valence-corrected chi connectivity index (χ4v) is 2.09. The van der Waals surface area contributed by atoms with E-state index in [1.165, 1.54) is 36.4 Å². The number of carbonyl (C=O) groups excluding carboxylic acids is 1. The Morgan fingerprint density at radius 3 is 2.28 bits per heavy atom. The lowest BCUT2D eigenvalue weighted by molar-refractivity contribution is -0.384. The summed E-state index contributed by atoms with van der Waals surface area (Å²) in [7, 11) is 0. The molecule has 25 heavy (non-hydrogen) atoms. The number of benzene rings is 2. The van der Waals surface area contributed by atoms with E-state index in [1.807, 2.05) is 0 Å². The van der Waals surface area contributed by atoms with Crippen molar-refractivity contribution in [1.29, 1.82) is 0 Å². The van der Waals surface area contributed by atoms with Crippen LogP contribution in [0.5, 0.6) is 0 Å². The van der Waals surface area contributed by atoms with E-state index < -0.39 is 4.92 Å². The second kappa shape index (κ2) is 9.33. The molecular weight excluding hydrogens is 327 g/mol. The molecule has 0 aliphatic carbocycles. The fraction of sp³-hybridized carbons (Fsp3) is 0.235. The van der Waals surface area contributed by atoms with Gasteiger partial charge in [-0.15, -0.1) is 0 Å². The number of nitrogens with zero attached hydrogens (tertiary/aromatic N) is 1. The van der Waals surface area contributed by atoms with Crippen LogP contribution >= 0.6 is 0 Å². The highest BCUT2D eigenvalue weighted by Crippen LogP contribution is 2.15. The van der Waals surface area contributed by atoms with Crippen LogP contribution in [0.25, 0.3) is 0 Å². The van der Waals surface area contributed by atoms with Crippen molar-refractivity contribution in [3.8, 4) is 0 Å². The molecule has 1 amide bonds. The molecule has 3 N–H and O–H groups in total. The Balaban J connectivity index is 1.57. The SMILES string of the molecule is O=C(CNCCCNc1ccc([N+](=O)[O-])cc1)Nc1ccc(F)cc1. The lowest BCUT2D eigenvalue weighted by Crippen LogP contribution is -2.29. The van der Waals surface area contributed by atoms with Gasteiger partial charge in [-0.25, -0.2) is 4.39 Å². The van der Waals surface area contributed by atoms with E-state index in [0.29, 0.717) is 18.8 Å². The number of rotatable bonds is 9. The Morgan fingerprint density at radius 1 is 1.00 bits per heavy atom. The minimum atomic E-state index is -0.440. The minimum absolute atomic E-state index is 0.0550. The van der Waals surface area contributed by atoms with Crippen LogP contribution < -0.4 is 16.0 Å². The molecule has 132 valence electrons. The molecule has 0 fully saturated rings. The fourth-order valence-electron chi connectivity index (χ4n) is 2.09. The number of carbonyl (C=O) groups is 1. The molecule has 2 rings (SSSR count). The highest BCUT2D eigenvalue weighted by Gasteiger charge is 2.04. The van der Waals surface area contributed by atoms with Gasteiger partial charge in [-0.2, -0.15) is 0 Å². The third kappa shape index (κ3) is 6.56. The summed E-state index contributed by atoms with van der Waals surface area (Å²) >= 11 is 0. The van der Waals surface area contributed by atoms with Gasteiger partial charge in [0.25, 0.3) is 5.69 Å². The van der Waals surface area contributed by atoms with E-state index in [2.05, 4.69) is 16.0 Å². The molecule has 7 nitrogen and oxygen atoms in total. The smallest absolute Gasteiger partial charge is 0.269 e. The maximum atomic E-state index is 12.8. The second-order valence-electron chi connectivity index (χ2n) is 5.32. The van der Waals surface area contributed by atoms with Gasteiger partial charge in [0.05, 0.1) is 11.5 Å². The average Bonchev–Trinajstić information content (AvgIpc) is 2.60. The number of hydrogen-bond donors (Lipinski definition) is 3. The van der Waals surface area contributed by atoms with Crippen molar-refractivity contribution in [2.24, 2.45) is 0 Å². The Morgan fingerprint density at radius 2 is 1.64 bits per heavy atom. The second-order valence-corrected chi connectivity index (χ2v) is 5.32. The number of hydrogen-bond acceptors (Lipinski definition) is 5. The predicted octanol–water partition coefficient (Wildman–Crippen LogP) is 2.76. The molecule has 0 bridgehead atoms. The molecule has 0 unspecified atom stereocenters. The molecule has 0 radical (unpaired) electrons. The predicted molar refractivity (Wildman–Crippen MR) is 94.1 cm³/mol. The summed E-state index contributed by atoms with van der Waals surface area (Å²) in [5.41, 5.74) is 1.41. The van der Waals surface area contributed by atoms with E-state index in [1.54, 1.807) is 12.1 Å². The molecular formula is C17H19FN4O3. The van der Waals surface area contributed by atoms with E-state index in [9.17, 15) is 19.3 Å². The first-order valence-corrected chi connectivity index (χ1v) is 7.79. The third-order valence-corrected chi connectivity index (χ3v) is 3.35. The van der Waals surface area contributed by atoms with Crippen LogP contribution in [-0.2, 0) is 4.79 Å². The van der Waals surface area contributed by atoms with Crippen LogP contribution in [0.1, 0.15) is 6.42 Å². The standard InChI is InChI=1S/C17H19FN4O3/c18-13-2-4-15(5-3-13)21-17(23)12-19-10-1-11-20-14-6-8-16(9-7-14)22(24)25/h2-9,19-20H,1,10-12H2,(H,21,23). The van der Waals surface area contributed by atoms with Crippen molar-refractivity contribution in [2.75, 3.05) is 30.3 Å². The molecule has 0 atom stereocenters.